The third-order valence-electron chi connectivity index (χ3n) is 5.68. The molecule has 2 N–H and O–H groups in total. The summed E-state index contributed by atoms with van der Waals surface area (Å²) in [5.74, 6) is -4.03. The average molecular weight is 491 g/mol. The first kappa shape index (κ1) is 24.6. The number of anilines is 2. The summed E-state index contributed by atoms with van der Waals surface area (Å²) >= 11 is 6.16. The molecule has 176 valence electrons. The van der Waals surface area contributed by atoms with E-state index >= 15 is 4.39 Å². The maximum Gasteiger partial charge on any atom is 0.268 e. The lowest BCUT2D eigenvalue weighted by Crippen LogP contribution is -2.26. The Hall–Kier alpha value is -2.04. The molecule has 0 bridgehead atoms. The van der Waals surface area contributed by atoms with Gasteiger partial charge in [-0.25, -0.2) is 22.2 Å². The predicted molar refractivity (Wildman–Crippen MR) is 119 cm³/mol. The first-order valence-corrected chi connectivity index (χ1v) is 12.1. The molecule has 2 heterocycles. The van der Waals surface area contributed by atoms with Crippen molar-refractivity contribution in [2.45, 2.75) is 37.5 Å². The van der Waals surface area contributed by atoms with E-state index in [1.807, 2.05) is 11.8 Å². The fraction of sp³-hybridized carbons (Fsp3) is 0.476. The first-order chi connectivity index (χ1) is 15.1. The third kappa shape index (κ3) is 5.47. The number of unbranched alkanes of at least 4 members (excludes halogenated alkanes) is 1. The Morgan fingerprint density at radius 2 is 2.00 bits per heavy atom. The number of hydrogen-bond acceptors (Lipinski definition) is 5. The summed E-state index contributed by atoms with van der Waals surface area (Å²) in [6, 6.07) is 4.32. The van der Waals surface area contributed by atoms with Crippen LogP contribution < -0.4 is 14.9 Å². The van der Waals surface area contributed by atoms with Crippen molar-refractivity contribution in [1.29, 1.82) is 0 Å². The van der Waals surface area contributed by atoms with Gasteiger partial charge in [0.25, 0.3) is 10.0 Å². The lowest BCUT2D eigenvalue weighted by atomic mass is 9.84. The molecule has 2 aromatic rings. The van der Waals surface area contributed by atoms with Crippen molar-refractivity contribution >= 4 is 33.1 Å². The second-order valence-electron chi connectivity index (χ2n) is 8.33. The zero-order valence-corrected chi connectivity index (χ0v) is 19.5. The Bertz CT molecular complexity index is 1090. The molecule has 32 heavy (non-hydrogen) atoms. The van der Waals surface area contributed by atoms with E-state index in [1.54, 1.807) is 4.90 Å². The van der Waals surface area contributed by atoms with Gasteiger partial charge in [-0.05, 0) is 50.4 Å². The summed E-state index contributed by atoms with van der Waals surface area (Å²) in [7, 11) is -2.83. The molecule has 0 unspecified atom stereocenters. The van der Waals surface area contributed by atoms with Crippen LogP contribution in [-0.4, -0.2) is 40.1 Å². The van der Waals surface area contributed by atoms with Gasteiger partial charge in [0.2, 0.25) is 5.95 Å². The van der Waals surface area contributed by atoms with Crippen molar-refractivity contribution in [2.75, 3.05) is 36.3 Å². The van der Waals surface area contributed by atoms with Crippen LogP contribution in [0.1, 0.15) is 32.6 Å². The van der Waals surface area contributed by atoms with E-state index in [9.17, 15) is 17.2 Å². The van der Waals surface area contributed by atoms with E-state index in [-0.39, 0.29) is 11.1 Å². The summed E-state index contributed by atoms with van der Waals surface area (Å²) < 4.78 is 70.2. The van der Waals surface area contributed by atoms with E-state index in [0.717, 1.165) is 50.4 Å². The Labute approximate surface area is 191 Å². The normalized spacial score (nSPS) is 18.9. The molecule has 11 heteroatoms. The minimum Gasteiger partial charge on any atom is -0.370 e. The molecule has 0 saturated carbocycles. The summed E-state index contributed by atoms with van der Waals surface area (Å²) in [6.45, 7) is 4.17. The van der Waals surface area contributed by atoms with Crippen molar-refractivity contribution in [3.63, 3.8) is 0 Å². The zero-order valence-electron chi connectivity index (χ0n) is 17.9. The number of sulfonamides is 1. The maximum atomic E-state index is 15.0. The summed E-state index contributed by atoms with van der Waals surface area (Å²) in [6.07, 6.45) is 3.86. The van der Waals surface area contributed by atoms with Crippen LogP contribution in [0, 0.1) is 23.0 Å². The average Bonchev–Trinajstić information content (AvgIpc) is 3.10. The Morgan fingerprint density at radius 3 is 2.69 bits per heavy atom. The van der Waals surface area contributed by atoms with Crippen molar-refractivity contribution in [3.8, 4) is 0 Å². The van der Waals surface area contributed by atoms with Crippen molar-refractivity contribution in [3.05, 3.63) is 46.9 Å². The Morgan fingerprint density at radius 1 is 1.25 bits per heavy atom. The van der Waals surface area contributed by atoms with Gasteiger partial charge in [-0.1, -0.05) is 31.0 Å². The number of nitrogens with one attached hydrogen (secondary N) is 2. The molecule has 1 aliphatic heterocycles. The zero-order chi connectivity index (χ0) is 23.5. The highest BCUT2D eigenvalue weighted by Crippen LogP contribution is 2.42. The van der Waals surface area contributed by atoms with Crippen LogP contribution in [0.2, 0.25) is 5.02 Å². The number of nitrogens with zero attached hydrogens (tertiary/aromatic N) is 2. The highest BCUT2D eigenvalue weighted by atomic mass is 35.5. The molecule has 1 aliphatic rings. The number of benzene rings is 1. The molecule has 1 saturated heterocycles. The quantitative estimate of drug-likeness (QED) is 0.306. The van der Waals surface area contributed by atoms with Crippen LogP contribution >= 0.6 is 11.6 Å². The molecule has 0 amide bonds. The Kier molecular flexibility index (Phi) is 7.57. The van der Waals surface area contributed by atoms with E-state index in [2.05, 4.69) is 17.2 Å². The van der Waals surface area contributed by atoms with Gasteiger partial charge in [0.05, 0.1) is 5.69 Å². The van der Waals surface area contributed by atoms with E-state index in [1.165, 1.54) is 6.07 Å². The SMILES string of the molecule is CNCCCC[C@@]1(C)CCN(c2cc(F)c(S(=O)(=O)Nc3cccc(F)n3)c(F)c2Cl)C1. The van der Waals surface area contributed by atoms with Gasteiger partial charge in [0.15, 0.2) is 10.7 Å². The number of aromatic nitrogens is 1. The van der Waals surface area contributed by atoms with Gasteiger partial charge in [-0.15, -0.1) is 0 Å². The lowest BCUT2D eigenvalue weighted by molar-refractivity contribution is 0.324. The molecule has 6 nitrogen and oxygen atoms in total. The van der Waals surface area contributed by atoms with Gasteiger partial charge in [0.1, 0.15) is 16.7 Å². The fourth-order valence-corrected chi connectivity index (χ4v) is 5.45. The second kappa shape index (κ2) is 9.84. The number of hydrogen-bond donors (Lipinski definition) is 2. The van der Waals surface area contributed by atoms with Crippen molar-refractivity contribution < 1.29 is 21.6 Å². The van der Waals surface area contributed by atoms with Gasteiger partial charge in [0, 0.05) is 19.2 Å². The molecule has 3 rings (SSSR count). The summed E-state index contributed by atoms with van der Waals surface area (Å²) in [5, 5.41) is 2.63. The molecule has 1 aromatic heterocycles. The maximum absolute atomic E-state index is 15.0. The lowest BCUT2D eigenvalue weighted by Gasteiger charge is -2.26. The smallest absolute Gasteiger partial charge is 0.268 e. The summed E-state index contributed by atoms with van der Waals surface area (Å²) in [4.78, 5) is 3.90. The van der Waals surface area contributed by atoms with Crippen LogP contribution in [0.3, 0.4) is 0 Å². The van der Waals surface area contributed by atoms with Gasteiger partial charge >= 0.3 is 0 Å². The largest absolute Gasteiger partial charge is 0.370 e. The van der Waals surface area contributed by atoms with Crippen LogP contribution in [0.5, 0.6) is 0 Å². The van der Waals surface area contributed by atoms with E-state index < -0.39 is 43.3 Å². The Balaban J connectivity index is 1.83. The molecule has 0 aliphatic carbocycles. The standard InChI is InChI=1S/C21H26ClF3N4O2S/c1-21(8-3-4-10-26-2)9-11-29(13-21)15-12-14(23)20(19(25)18(15)22)32(30,31)28-17-7-5-6-16(24)27-17/h5-7,12,26H,3-4,8-11,13H2,1-2H3,(H,27,28)/t21-/m0/s1. The van der Waals surface area contributed by atoms with E-state index in [0.29, 0.717) is 13.1 Å². The second-order valence-corrected chi connectivity index (χ2v) is 10.3. The van der Waals surface area contributed by atoms with Crippen LogP contribution in [0.15, 0.2) is 29.2 Å². The van der Waals surface area contributed by atoms with Gasteiger partial charge in [-0.3, -0.25) is 4.72 Å². The monoisotopic (exact) mass is 490 g/mol. The molecular weight excluding hydrogens is 465 g/mol. The molecule has 1 atom stereocenters. The highest BCUT2D eigenvalue weighted by molar-refractivity contribution is 7.92. The molecule has 1 aromatic carbocycles. The number of halogens is 4. The minimum atomic E-state index is -4.73. The van der Waals surface area contributed by atoms with Gasteiger partial charge in [-0.2, -0.15) is 4.39 Å². The first-order valence-electron chi connectivity index (χ1n) is 10.3. The molecule has 0 spiro atoms. The molecular formula is C21H26ClF3N4O2S. The number of pyridine rings is 1. The van der Waals surface area contributed by atoms with Crippen LogP contribution in [0.4, 0.5) is 24.7 Å². The van der Waals surface area contributed by atoms with Crippen molar-refractivity contribution in [2.24, 2.45) is 5.41 Å². The van der Waals surface area contributed by atoms with Crippen LogP contribution in [0.25, 0.3) is 0 Å². The third-order valence-corrected chi connectivity index (χ3v) is 7.42. The predicted octanol–water partition coefficient (Wildman–Crippen LogP) is 4.56. The van der Waals surface area contributed by atoms with Gasteiger partial charge < -0.3 is 10.2 Å². The van der Waals surface area contributed by atoms with E-state index in [4.69, 9.17) is 11.6 Å². The molecule has 1 fully saturated rings. The van der Waals surface area contributed by atoms with Crippen molar-refractivity contribution in [1.82, 2.24) is 10.3 Å². The number of rotatable bonds is 9. The summed E-state index contributed by atoms with van der Waals surface area (Å²) in [5.41, 5.74) is 0.0859. The minimum absolute atomic E-state index is 0.0284. The fourth-order valence-electron chi connectivity index (χ4n) is 3.98. The highest BCUT2D eigenvalue weighted by Gasteiger charge is 2.36. The topological polar surface area (TPSA) is 74.3 Å². The van der Waals surface area contributed by atoms with Crippen LogP contribution in [-0.2, 0) is 10.0 Å². The molecule has 0 radical (unpaired) electrons.